The lowest BCUT2D eigenvalue weighted by Gasteiger charge is -2.29. The van der Waals surface area contributed by atoms with Gasteiger partial charge in [-0.1, -0.05) is 60.7 Å². The number of hydrogen-bond acceptors (Lipinski definition) is 8. The molecule has 0 spiro atoms. The van der Waals surface area contributed by atoms with Gasteiger partial charge >= 0.3 is 0 Å². The fourth-order valence-electron chi connectivity index (χ4n) is 8.49. The van der Waals surface area contributed by atoms with Gasteiger partial charge in [-0.25, -0.2) is 9.97 Å². The van der Waals surface area contributed by atoms with E-state index >= 15 is 0 Å². The molecular formula is C47H50N8O6. The third-order valence-corrected chi connectivity index (χ3v) is 12.2. The molecular weight excluding hydrogens is 773 g/mol. The maximum Gasteiger partial charge on any atom is 0.250 e. The predicted molar refractivity (Wildman–Crippen MR) is 222 cm³/mol. The van der Waals surface area contributed by atoms with Crippen LogP contribution < -0.4 is 10.6 Å². The van der Waals surface area contributed by atoms with Crippen molar-refractivity contribution in [3.63, 3.8) is 0 Å². The Kier molecular flexibility index (Phi) is 12.0. The van der Waals surface area contributed by atoms with Crippen LogP contribution in [0.15, 0.2) is 73.1 Å². The van der Waals surface area contributed by atoms with Crippen LogP contribution >= 0.6 is 0 Å². The van der Waals surface area contributed by atoms with Crippen LogP contribution in [0.2, 0.25) is 0 Å². The number of carbonyl (C=O) groups is 4. The first kappa shape index (κ1) is 40.2. The van der Waals surface area contributed by atoms with Crippen molar-refractivity contribution in [3.8, 4) is 23.7 Å². The van der Waals surface area contributed by atoms with E-state index in [1.165, 1.54) is 0 Å². The average molecular weight is 823 g/mol. The normalized spacial score (nSPS) is 23.2. The molecule has 2 aliphatic carbocycles. The van der Waals surface area contributed by atoms with Crippen molar-refractivity contribution >= 4 is 23.6 Å². The Bertz CT molecular complexity index is 2340. The van der Waals surface area contributed by atoms with Crippen LogP contribution in [0.5, 0.6) is 0 Å². The van der Waals surface area contributed by atoms with Gasteiger partial charge in [-0.3, -0.25) is 19.2 Å². The van der Waals surface area contributed by atoms with Crippen LogP contribution in [0.1, 0.15) is 122 Å². The maximum absolute atomic E-state index is 14.1. The van der Waals surface area contributed by atoms with Gasteiger partial charge in [0.1, 0.15) is 29.4 Å². The summed E-state index contributed by atoms with van der Waals surface area (Å²) in [6, 6.07) is 16.8. The third-order valence-electron chi connectivity index (χ3n) is 12.2. The molecule has 5 aliphatic rings. The van der Waals surface area contributed by atoms with Crippen molar-refractivity contribution in [2.24, 2.45) is 11.8 Å². The lowest BCUT2D eigenvalue weighted by molar-refractivity contribution is -0.154. The number of imidazole rings is 2. The first-order valence-corrected chi connectivity index (χ1v) is 21.5. The highest BCUT2D eigenvalue weighted by Crippen LogP contribution is 2.37. The van der Waals surface area contributed by atoms with E-state index in [0.717, 1.165) is 68.2 Å². The number of aromatic nitrogens is 4. The number of hydrogen-bond donors (Lipinski definition) is 4. The Hall–Kier alpha value is -6.22. The van der Waals surface area contributed by atoms with Gasteiger partial charge in [0.25, 0.3) is 0 Å². The van der Waals surface area contributed by atoms with E-state index in [-0.39, 0.29) is 47.5 Å². The number of carbonyl (C=O) groups excluding carboxylic acids is 4. The summed E-state index contributed by atoms with van der Waals surface area (Å²) in [7, 11) is 0. The second-order valence-electron chi connectivity index (χ2n) is 16.7. The minimum atomic E-state index is -0.757. The number of ether oxygens (including phenoxy) is 2. The second-order valence-corrected chi connectivity index (χ2v) is 16.7. The van der Waals surface area contributed by atoms with E-state index < -0.39 is 18.4 Å². The van der Waals surface area contributed by atoms with E-state index in [4.69, 9.17) is 14.5 Å². The number of aromatic amines is 2. The Morgan fingerprint density at radius 1 is 0.721 bits per heavy atom. The molecule has 314 valence electrons. The first-order chi connectivity index (χ1) is 29.9. The van der Waals surface area contributed by atoms with Crippen molar-refractivity contribution < 1.29 is 28.7 Å². The van der Waals surface area contributed by atoms with Crippen molar-refractivity contribution in [3.05, 3.63) is 107 Å². The molecule has 0 radical (unpaired) electrons. The van der Waals surface area contributed by atoms with Gasteiger partial charge in [-0.15, -0.1) is 0 Å². The smallest absolute Gasteiger partial charge is 0.250 e. The van der Waals surface area contributed by atoms with E-state index in [2.05, 4.69) is 49.3 Å². The summed E-state index contributed by atoms with van der Waals surface area (Å²) in [5.74, 6) is 12.8. The van der Waals surface area contributed by atoms with Crippen LogP contribution in [0.4, 0.5) is 0 Å². The summed E-state index contributed by atoms with van der Waals surface area (Å²) >= 11 is 0. The molecule has 2 saturated carbocycles. The monoisotopic (exact) mass is 822 g/mol. The minimum absolute atomic E-state index is 0.0140. The fourth-order valence-corrected chi connectivity index (χ4v) is 8.49. The molecule has 14 nitrogen and oxygen atoms in total. The highest BCUT2D eigenvalue weighted by molar-refractivity contribution is 5.91. The second kappa shape index (κ2) is 18.2. The minimum Gasteiger partial charge on any atom is -0.344 e. The van der Waals surface area contributed by atoms with Crippen LogP contribution in [-0.2, 0) is 28.7 Å². The SMILES string of the molecule is O=C(CC1CC1)N[C@H](C(=O)N1CCC[C@H]1c1ncc(C2COC(C#CC#Cc3cnc([C@@H]4CCCN4C(=O)[C@@H](NC(=O)C4CC4)c4ccccc4)[nH]3)OC2)[nH]1)c1ccccc1. The number of amides is 4. The molecule has 3 aliphatic heterocycles. The molecule has 4 amide bonds. The standard InChI is InChI=1S/C47H50N8O6/c56-39(25-30-19-20-30)52-41(31-11-3-1-4-12-31)46(58)55-24-10-17-38(55)44-49-27-36(51-44)34-28-60-40(61-29-34)18-8-7-15-35-26-48-43(50-35)37-16-9-23-54(37)47(59)42(32-13-5-2-6-14-32)53-45(57)33-21-22-33/h1-6,11-14,26-27,30,33-34,37-38,40-42H,9-10,16-17,19-25,28-29H2,(H,48,50)(H,49,51)(H,52,56)(H,53,57)/t34?,37-,38-,40?,41-,42-/m0/s1. The molecule has 14 heteroatoms. The van der Waals surface area contributed by atoms with Crippen molar-refractivity contribution in [1.82, 2.24) is 40.4 Å². The molecule has 0 unspecified atom stereocenters. The number of rotatable bonds is 12. The van der Waals surface area contributed by atoms with Gasteiger partial charge in [-0.2, -0.15) is 0 Å². The Morgan fingerprint density at radius 3 is 1.92 bits per heavy atom. The molecule has 2 aromatic heterocycles. The van der Waals surface area contributed by atoms with Gasteiger partial charge in [0.05, 0.1) is 31.5 Å². The molecule has 5 heterocycles. The predicted octanol–water partition coefficient (Wildman–Crippen LogP) is 4.90. The molecule has 2 aromatic carbocycles. The zero-order valence-electron chi connectivity index (χ0n) is 34.0. The molecule has 0 bridgehead atoms. The average Bonchev–Trinajstić information content (AvgIpc) is 4.00. The molecule has 4 N–H and O–H groups in total. The lowest BCUT2D eigenvalue weighted by atomic mass is 10.0. The molecule has 5 fully saturated rings. The number of nitrogens with zero attached hydrogens (tertiary/aromatic N) is 4. The summed E-state index contributed by atoms with van der Waals surface area (Å²) < 4.78 is 11.9. The van der Waals surface area contributed by atoms with Crippen molar-refractivity contribution in [1.29, 1.82) is 0 Å². The zero-order chi connectivity index (χ0) is 41.7. The van der Waals surface area contributed by atoms with Gasteiger partial charge in [-0.05, 0) is 92.1 Å². The fraction of sp³-hybridized carbons (Fsp3) is 0.447. The van der Waals surface area contributed by atoms with E-state index in [9.17, 15) is 19.2 Å². The number of H-pyrrole nitrogens is 2. The lowest BCUT2D eigenvalue weighted by Crippen LogP contribution is -2.43. The summed E-state index contributed by atoms with van der Waals surface area (Å²) in [6.45, 7) is 1.88. The third kappa shape index (κ3) is 9.57. The summed E-state index contributed by atoms with van der Waals surface area (Å²) in [5, 5.41) is 6.04. The van der Waals surface area contributed by atoms with E-state index in [1.54, 1.807) is 12.4 Å². The number of nitrogens with one attached hydrogen (secondary N) is 4. The largest absolute Gasteiger partial charge is 0.344 e. The quantitative estimate of drug-likeness (QED) is 0.146. The van der Waals surface area contributed by atoms with Crippen molar-refractivity contribution in [2.45, 2.75) is 94.2 Å². The molecule has 4 atom stereocenters. The molecule has 4 aromatic rings. The summed E-state index contributed by atoms with van der Waals surface area (Å²) in [6.07, 6.45) is 10.1. The van der Waals surface area contributed by atoms with Gasteiger partial charge < -0.3 is 39.9 Å². The molecule has 3 saturated heterocycles. The Balaban J connectivity index is 0.782. The van der Waals surface area contributed by atoms with Gasteiger partial charge in [0.2, 0.25) is 29.9 Å². The maximum atomic E-state index is 14.1. The van der Waals surface area contributed by atoms with Crippen molar-refractivity contribution in [2.75, 3.05) is 26.3 Å². The Morgan fingerprint density at radius 2 is 1.31 bits per heavy atom. The highest BCUT2D eigenvalue weighted by atomic mass is 16.7. The van der Waals surface area contributed by atoms with Gasteiger partial charge in [0, 0.05) is 43.2 Å². The van der Waals surface area contributed by atoms with Crippen LogP contribution in [-0.4, -0.2) is 86.0 Å². The Labute approximate surface area is 355 Å². The van der Waals surface area contributed by atoms with Gasteiger partial charge in [0.15, 0.2) is 0 Å². The number of likely N-dealkylation sites (tertiary alicyclic amines) is 2. The summed E-state index contributed by atoms with van der Waals surface area (Å²) in [4.78, 5) is 73.3. The van der Waals surface area contributed by atoms with Crippen LogP contribution in [0.3, 0.4) is 0 Å². The zero-order valence-corrected chi connectivity index (χ0v) is 34.0. The first-order valence-electron chi connectivity index (χ1n) is 21.5. The van der Waals surface area contributed by atoms with E-state index in [1.807, 2.05) is 70.5 Å². The van der Waals surface area contributed by atoms with Crippen LogP contribution in [0.25, 0.3) is 0 Å². The van der Waals surface area contributed by atoms with Crippen LogP contribution in [0, 0.1) is 35.5 Å². The topological polar surface area (TPSA) is 175 Å². The molecule has 9 rings (SSSR count). The van der Waals surface area contributed by atoms with E-state index in [0.29, 0.717) is 56.0 Å². The highest BCUT2D eigenvalue weighted by Gasteiger charge is 2.40. The molecule has 61 heavy (non-hydrogen) atoms. The summed E-state index contributed by atoms with van der Waals surface area (Å²) in [5.41, 5.74) is 2.95. The number of benzene rings is 2.